The van der Waals surface area contributed by atoms with Gasteiger partial charge in [-0.2, -0.15) is 0 Å². The number of aldehydes is 5. The van der Waals surface area contributed by atoms with E-state index in [-0.39, 0.29) is 5.92 Å². The van der Waals surface area contributed by atoms with E-state index in [0.29, 0.717) is 24.7 Å². The van der Waals surface area contributed by atoms with Gasteiger partial charge in [-0.05, 0) is 48.8 Å². The molecule has 2 unspecified atom stereocenters. The average molecular weight is 597 g/mol. The highest BCUT2D eigenvalue weighted by Gasteiger charge is 2.10. The summed E-state index contributed by atoms with van der Waals surface area (Å²) in [7, 11) is 0. The molecule has 2 aliphatic rings. The first-order valence-electron chi connectivity index (χ1n) is 15.6. The number of rotatable bonds is 8. The number of benzene rings is 3. The monoisotopic (exact) mass is 596 g/mol. The van der Waals surface area contributed by atoms with Crippen molar-refractivity contribution in [1.82, 2.24) is 0 Å². The first kappa shape index (κ1) is 37.8. The van der Waals surface area contributed by atoms with Gasteiger partial charge in [-0.15, -0.1) is 0 Å². The first-order valence-corrected chi connectivity index (χ1v) is 15.6. The fourth-order valence-electron chi connectivity index (χ4n) is 4.47. The van der Waals surface area contributed by atoms with Gasteiger partial charge in [0.15, 0.2) is 0 Å². The van der Waals surface area contributed by atoms with E-state index in [9.17, 15) is 24.0 Å². The van der Waals surface area contributed by atoms with Crippen LogP contribution in [0.15, 0.2) is 103 Å². The summed E-state index contributed by atoms with van der Waals surface area (Å²) < 4.78 is 0. The maximum atomic E-state index is 10.3. The lowest BCUT2D eigenvalue weighted by molar-refractivity contribution is -0.112. The van der Waals surface area contributed by atoms with Crippen LogP contribution in [0.2, 0.25) is 0 Å². The minimum atomic E-state index is 0.0289. The first-order chi connectivity index (χ1) is 21.6. The van der Waals surface area contributed by atoms with Gasteiger partial charge in [0.05, 0.1) is 0 Å². The van der Waals surface area contributed by atoms with Crippen molar-refractivity contribution in [3.8, 4) is 0 Å². The third-order valence-corrected chi connectivity index (χ3v) is 7.20. The van der Waals surface area contributed by atoms with Crippen molar-refractivity contribution in [1.29, 1.82) is 0 Å². The Morgan fingerprint density at radius 3 is 1.41 bits per heavy atom. The molecule has 5 heteroatoms. The Morgan fingerprint density at radius 2 is 1.07 bits per heavy atom. The van der Waals surface area contributed by atoms with Gasteiger partial charge in [-0.1, -0.05) is 129 Å². The molecule has 0 heterocycles. The highest BCUT2D eigenvalue weighted by molar-refractivity contribution is 5.61. The van der Waals surface area contributed by atoms with Crippen LogP contribution in [-0.4, -0.2) is 31.4 Å². The Hall–Kier alpha value is -4.25. The molecule has 1 saturated carbocycles. The van der Waals surface area contributed by atoms with E-state index < -0.39 is 0 Å². The molecule has 0 amide bonds. The quantitative estimate of drug-likeness (QED) is 0.193. The zero-order chi connectivity index (χ0) is 32.1. The molecule has 0 bridgehead atoms. The van der Waals surface area contributed by atoms with E-state index in [2.05, 4.69) is 12.2 Å². The van der Waals surface area contributed by atoms with Crippen molar-refractivity contribution in [3.05, 3.63) is 120 Å². The van der Waals surface area contributed by atoms with Crippen LogP contribution in [0.5, 0.6) is 0 Å². The molecule has 234 valence electrons. The van der Waals surface area contributed by atoms with Crippen LogP contribution in [0.4, 0.5) is 0 Å². The third-order valence-electron chi connectivity index (χ3n) is 7.20. The summed E-state index contributed by atoms with van der Waals surface area (Å²) in [5.41, 5.74) is 3.23. The minimum Gasteiger partial charge on any atom is -0.303 e. The molecule has 0 aromatic heterocycles. The molecular formula is C39H48O5. The second-order valence-corrected chi connectivity index (χ2v) is 10.8. The fourth-order valence-corrected chi connectivity index (χ4v) is 4.47. The Morgan fingerprint density at radius 1 is 0.591 bits per heavy atom. The summed E-state index contributed by atoms with van der Waals surface area (Å²) in [6.07, 6.45) is 19.5. The third kappa shape index (κ3) is 19.0. The minimum absolute atomic E-state index is 0.0289. The topological polar surface area (TPSA) is 85.3 Å². The number of carbonyl (C=O) groups excluding carboxylic acids is 5. The van der Waals surface area contributed by atoms with E-state index in [1.54, 1.807) is 0 Å². The number of hydrogen-bond donors (Lipinski definition) is 0. The molecule has 5 rings (SSSR count). The summed E-state index contributed by atoms with van der Waals surface area (Å²) in [4.78, 5) is 50.5. The molecule has 2 atom stereocenters. The van der Waals surface area contributed by atoms with Crippen molar-refractivity contribution in [2.24, 2.45) is 11.8 Å². The zero-order valence-electron chi connectivity index (χ0n) is 26.0. The van der Waals surface area contributed by atoms with Crippen LogP contribution >= 0.6 is 0 Å². The van der Waals surface area contributed by atoms with E-state index in [0.717, 1.165) is 80.2 Å². The fraction of sp³-hybridized carbons (Fsp3) is 0.359. The highest BCUT2D eigenvalue weighted by atomic mass is 16.1. The Kier molecular flexibility index (Phi) is 22.7. The number of hydrogen-bond acceptors (Lipinski definition) is 5. The predicted molar refractivity (Wildman–Crippen MR) is 179 cm³/mol. The van der Waals surface area contributed by atoms with Gasteiger partial charge in [0.25, 0.3) is 0 Å². The van der Waals surface area contributed by atoms with Gasteiger partial charge in [0.1, 0.15) is 31.4 Å². The second-order valence-electron chi connectivity index (χ2n) is 10.8. The largest absolute Gasteiger partial charge is 0.303 e. The lowest BCUT2D eigenvalue weighted by Gasteiger charge is -2.14. The van der Waals surface area contributed by atoms with Gasteiger partial charge in [-0.25, -0.2) is 0 Å². The van der Waals surface area contributed by atoms with E-state index in [1.165, 1.54) is 19.3 Å². The van der Waals surface area contributed by atoms with Crippen molar-refractivity contribution in [2.75, 3.05) is 0 Å². The number of allylic oxidation sites excluding steroid dienone is 2. The Labute approximate surface area is 263 Å². The summed E-state index contributed by atoms with van der Waals surface area (Å²) in [6, 6.07) is 29.1. The maximum absolute atomic E-state index is 10.3. The SMILES string of the molecule is CC(C=O)c1ccccc1.O=CC1CC=CCC1.O=CC1CCCCC1.O=CCc1ccccc1.O=CCc1ccccc1. The summed E-state index contributed by atoms with van der Waals surface area (Å²) >= 11 is 0. The van der Waals surface area contributed by atoms with Gasteiger partial charge >= 0.3 is 0 Å². The van der Waals surface area contributed by atoms with E-state index in [4.69, 9.17) is 0 Å². The molecule has 0 radical (unpaired) electrons. The molecule has 0 N–H and O–H groups in total. The summed E-state index contributed by atoms with van der Waals surface area (Å²) in [5, 5.41) is 0. The molecule has 3 aromatic carbocycles. The summed E-state index contributed by atoms with van der Waals surface area (Å²) in [6.45, 7) is 1.89. The maximum Gasteiger partial charge on any atom is 0.127 e. The van der Waals surface area contributed by atoms with Crippen molar-refractivity contribution in [2.45, 2.75) is 77.0 Å². The van der Waals surface area contributed by atoms with Gasteiger partial charge < -0.3 is 24.0 Å². The van der Waals surface area contributed by atoms with Crippen LogP contribution < -0.4 is 0 Å². The average Bonchev–Trinajstić information content (AvgIpc) is 3.11. The lowest BCUT2D eigenvalue weighted by atomic mass is 9.91. The van der Waals surface area contributed by atoms with Crippen LogP contribution in [0.25, 0.3) is 0 Å². The zero-order valence-corrected chi connectivity index (χ0v) is 26.0. The Bertz CT molecular complexity index is 1120. The summed E-state index contributed by atoms with van der Waals surface area (Å²) in [5.74, 6) is 0.755. The second kappa shape index (κ2) is 26.4. The smallest absolute Gasteiger partial charge is 0.127 e. The van der Waals surface area contributed by atoms with Crippen LogP contribution in [0.1, 0.15) is 80.9 Å². The molecule has 3 aromatic rings. The molecule has 2 aliphatic carbocycles. The molecule has 0 saturated heterocycles. The van der Waals surface area contributed by atoms with Crippen LogP contribution in [0, 0.1) is 11.8 Å². The molecule has 0 spiro atoms. The van der Waals surface area contributed by atoms with Crippen LogP contribution in [0.3, 0.4) is 0 Å². The van der Waals surface area contributed by atoms with Crippen molar-refractivity contribution >= 4 is 31.4 Å². The van der Waals surface area contributed by atoms with Gasteiger partial charge in [0.2, 0.25) is 0 Å². The molecule has 5 nitrogen and oxygen atoms in total. The lowest BCUT2D eigenvalue weighted by Crippen LogP contribution is -2.06. The molecule has 44 heavy (non-hydrogen) atoms. The molecule has 1 fully saturated rings. The van der Waals surface area contributed by atoms with Crippen molar-refractivity contribution in [3.63, 3.8) is 0 Å². The van der Waals surface area contributed by atoms with Gasteiger partial charge in [-0.3, -0.25) is 0 Å². The van der Waals surface area contributed by atoms with Crippen molar-refractivity contribution < 1.29 is 24.0 Å². The van der Waals surface area contributed by atoms with Gasteiger partial charge in [0, 0.05) is 30.6 Å². The molecular weight excluding hydrogens is 548 g/mol. The van der Waals surface area contributed by atoms with E-state index in [1.807, 2.05) is 97.9 Å². The molecule has 0 aliphatic heterocycles. The highest BCUT2D eigenvalue weighted by Crippen LogP contribution is 2.21. The number of carbonyl (C=O) groups is 5. The van der Waals surface area contributed by atoms with E-state index >= 15 is 0 Å². The normalized spacial score (nSPS) is 15.7. The standard InChI is InChI=1S/C9H10O.2C8H8O.C7H12O.C7H10O/c1-8(7-10)9-5-3-2-4-6-9;2*9-7-6-8-4-2-1-3-5-8;2*8-6-7-4-2-1-3-5-7/h2-8H,1H3;2*1-5,7H,6H2;6-7H,1-5H2;1-2,6-7H,3-5H2. The predicted octanol–water partition coefficient (Wildman–Crippen LogP) is 8.15. The van der Waals surface area contributed by atoms with Crippen LogP contribution in [-0.2, 0) is 36.8 Å². The Balaban J connectivity index is 0.000000276.